The maximum atomic E-state index is 10.6. The van der Waals surface area contributed by atoms with E-state index in [9.17, 15) is 4.79 Å². The number of carboxylic acids is 1. The molecular formula is C12H12IN3O2S. The zero-order valence-corrected chi connectivity index (χ0v) is 13.4. The number of aryl methyl sites for hydroxylation is 1. The van der Waals surface area contributed by atoms with E-state index in [1.807, 2.05) is 36.7 Å². The molecule has 0 aliphatic rings. The van der Waals surface area contributed by atoms with Gasteiger partial charge in [0.25, 0.3) is 0 Å². The van der Waals surface area contributed by atoms with E-state index in [0.29, 0.717) is 5.16 Å². The van der Waals surface area contributed by atoms with E-state index in [2.05, 4.69) is 32.8 Å². The lowest BCUT2D eigenvalue weighted by molar-refractivity contribution is -0.133. The van der Waals surface area contributed by atoms with E-state index < -0.39 is 5.97 Å². The summed E-state index contributed by atoms with van der Waals surface area (Å²) in [5, 5.41) is 17.5. The van der Waals surface area contributed by atoms with E-state index in [1.165, 1.54) is 17.3 Å². The fraction of sp³-hybridized carbons (Fsp3) is 0.250. The molecule has 2 aromatic rings. The van der Waals surface area contributed by atoms with Gasteiger partial charge < -0.3 is 9.67 Å². The molecule has 19 heavy (non-hydrogen) atoms. The minimum Gasteiger partial charge on any atom is -0.481 e. The van der Waals surface area contributed by atoms with Gasteiger partial charge in [0, 0.05) is 16.2 Å². The zero-order valence-electron chi connectivity index (χ0n) is 10.4. The highest BCUT2D eigenvalue weighted by Crippen LogP contribution is 2.28. The van der Waals surface area contributed by atoms with Crippen LogP contribution in [0.5, 0.6) is 0 Å². The van der Waals surface area contributed by atoms with Gasteiger partial charge in [0.05, 0.1) is 5.75 Å². The second kappa shape index (κ2) is 5.91. The zero-order chi connectivity index (χ0) is 14.0. The maximum absolute atomic E-state index is 10.6. The molecule has 0 unspecified atom stereocenters. The van der Waals surface area contributed by atoms with Gasteiger partial charge >= 0.3 is 5.97 Å². The second-order valence-corrected chi connectivity index (χ2v) is 6.01. The first-order valence-electron chi connectivity index (χ1n) is 5.50. The lowest BCUT2D eigenvalue weighted by Gasteiger charge is -2.07. The largest absolute Gasteiger partial charge is 0.481 e. The van der Waals surface area contributed by atoms with Crippen molar-refractivity contribution in [3.8, 4) is 11.4 Å². The van der Waals surface area contributed by atoms with Crippen LogP contribution in [0.2, 0.25) is 0 Å². The smallest absolute Gasteiger partial charge is 0.313 e. The summed E-state index contributed by atoms with van der Waals surface area (Å²) in [5.74, 6) is -0.127. The summed E-state index contributed by atoms with van der Waals surface area (Å²) >= 11 is 3.45. The quantitative estimate of drug-likeness (QED) is 0.643. The molecule has 0 radical (unpaired) electrons. The number of aromatic nitrogens is 3. The monoisotopic (exact) mass is 389 g/mol. The van der Waals surface area contributed by atoms with Crippen molar-refractivity contribution in [2.24, 2.45) is 7.05 Å². The molecule has 1 N–H and O–H groups in total. The topological polar surface area (TPSA) is 68.0 Å². The fourth-order valence-electron chi connectivity index (χ4n) is 1.62. The molecule has 7 heteroatoms. The fourth-order valence-corrected chi connectivity index (χ4v) is 2.85. The van der Waals surface area contributed by atoms with Gasteiger partial charge in [-0.2, -0.15) is 0 Å². The summed E-state index contributed by atoms with van der Waals surface area (Å²) in [4.78, 5) is 10.6. The molecule has 0 aliphatic carbocycles. The number of thioether (sulfide) groups is 1. The highest BCUT2D eigenvalue weighted by atomic mass is 127. The third-order valence-corrected chi connectivity index (χ3v) is 5.03. The Morgan fingerprint density at radius 2 is 2.21 bits per heavy atom. The van der Waals surface area contributed by atoms with Crippen molar-refractivity contribution in [2.45, 2.75) is 12.1 Å². The second-order valence-electron chi connectivity index (χ2n) is 3.98. The molecule has 0 aliphatic heterocycles. The van der Waals surface area contributed by atoms with E-state index in [1.54, 1.807) is 0 Å². The Bertz CT molecular complexity index is 627. The molecule has 100 valence electrons. The number of aliphatic carboxylic acids is 1. The lowest BCUT2D eigenvalue weighted by atomic mass is 10.1. The number of hydrogen-bond donors (Lipinski definition) is 1. The molecule has 1 aromatic carbocycles. The summed E-state index contributed by atoms with van der Waals surface area (Å²) in [6, 6.07) is 6.01. The first-order chi connectivity index (χ1) is 9.00. The Labute approximate surface area is 128 Å². The number of benzene rings is 1. The average molecular weight is 389 g/mol. The first-order valence-corrected chi connectivity index (χ1v) is 7.56. The van der Waals surface area contributed by atoms with Crippen LogP contribution in [0.3, 0.4) is 0 Å². The number of carboxylic acid groups (broad SMARTS) is 1. The van der Waals surface area contributed by atoms with Crippen LogP contribution in [0.1, 0.15) is 5.56 Å². The van der Waals surface area contributed by atoms with Crippen LogP contribution in [0.25, 0.3) is 11.4 Å². The molecular weight excluding hydrogens is 377 g/mol. The number of rotatable bonds is 4. The molecule has 1 aromatic heterocycles. The van der Waals surface area contributed by atoms with E-state index in [0.717, 1.165) is 15.0 Å². The summed E-state index contributed by atoms with van der Waals surface area (Å²) in [5.41, 5.74) is 2.19. The van der Waals surface area contributed by atoms with Crippen LogP contribution in [-0.2, 0) is 11.8 Å². The number of halogens is 1. The predicted octanol–water partition coefficient (Wildman–Crippen LogP) is 2.57. The Balaban J connectivity index is 2.36. The van der Waals surface area contributed by atoms with Crippen LogP contribution >= 0.6 is 34.4 Å². The van der Waals surface area contributed by atoms with Crippen molar-refractivity contribution < 1.29 is 9.90 Å². The molecule has 0 atom stereocenters. The molecule has 0 saturated carbocycles. The van der Waals surface area contributed by atoms with Crippen LogP contribution in [0, 0.1) is 10.5 Å². The maximum Gasteiger partial charge on any atom is 0.313 e. The Morgan fingerprint density at radius 1 is 1.47 bits per heavy atom. The van der Waals surface area contributed by atoms with Crippen molar-refractivity contribution in [3.63, 3.8) is 0 Å². The normalized spacial score (nSPS) is 10.7. The first kappa shape index (κ1) is 14.3. The van der Waals surface area contributed by atoms with Crippen LogP contribution in [-0.4, -0.2) is 31.6 Å². The minimum absolute atomic E-state index is 0.0170. The van der Waals surface area contributed by atoms with E-state index in [-0.39, 0.29) is 5.75 Å². The van der Waals surface area contributed by atoms with Gasteiger partial charge in [-0.1, -0.05) is 30.0 Å². The van der Waals surface area contributed by atoms with Crippen molar-refractivity contribution in [2.75, 3.05) is 5.75 Å². The predicted molar refractivity (Wildman–Crippen MR) is 82.3 cm³/mol. The molecule has 5 nitrogen and oxygen atoms in total. The molecule has 0 saturated heterocycles. The lowest BCUT2D eigenvalue weighted by Crippen LogP contribution is -2.01. The highest BCUT2D eigenvalue weighted by Gasteiger charge is 2.15. The van der Waals surface area contributed by atoms with Crippen LogP contribution < -0.4 is 0 Å². The third kappa shape index (κ3) is 3.08. The van der Waals surface area contributed by atoms with Gasteiger partial charge in [-0.25, -0.2) is 0 Å². The summed E-state index contributed by atoms with van der Waals surface area (Å²) in [6.07, 6.45) is 0. The van der Waals surface area contributed by atoms with Crippen molar-refractivity contribution in [1.82, 2.24) is 14.8 Å². The van der Waals surface area contributed by atoms with Crippen LogP contribution in [0.15, 0.2) is 23.4 Å². The number of carbonyl (C=O) groups is 1. The van der Waals surface area contributed by atoms with Gasteiger partial charge in [-0.05, 0) is 35.1 Å². The number of hydrogen-bond acceptors (Lipinski definition) is 4. The minimum atomic E-state index is -0.861. The standard InChI is InChI=1S/C12H12IN3O2S/c1-7-4-3-5-8(10(7)13)11-14-15-12(16(11)2)19-6-9(17)18/h3-5H,6H2,1-2H3,(H,17,18). The summed E-state index contributed by atoms with van der Waals surface area (Å²) in [7, 11) is 1.85. The van der Waals surface area contributed by atoms with E-state index in [4.69, 9.17) is 5.11 Å². The Kier molecular flexibility index (Phi) is 4.46. The van der Waals surface area contributed by atoms with Gasteiger partial charge in [0.1, 0.15) is 0 Å². The van der Waals surface area contributed by atoms with Gasteiger partial charge in [0.2, 0.25) is 0 Å². The highest BCUT2D eigenvalue weighted by molar-refractivity contribution is 14.1. The summed E-state index contributed by atoms with van der Waals surface area (Å²) < 4.78 is 2.95. The van der Waals surface area contributed by atoms with Crippen molar-refractivity contribution in [1.29, 1.82) is 0 Å². The van der Waals surface area contributed by atoms with Gasteiger partial charge in [0.15, 0.2) is 11.0 Å². The van der Waals surface area contributed by atoms with Gasteiger partial charge in [-0.15, -0.1) is 10.2 Å². The number of nitrogens with zero attached hydrogens (tertiary/aromatic N) is 3. The molecule has 0 spiro atoms. The van der Waals surface area contributed by atoms with Crippen molar-refractivity contribution in [3.05, 3.63) is 27.3 Å². The molecule has 1 heterocycles. The molecule has 0 bridgehead atoms. The summed E-state index contributed by atoms with van der Waals surface area (Å²) in [6.45, 7) is 2.04. The SMILES string of the molecule is Cc1cccc(-c2nnc(SCC(=O)O)n2C)c1I. The van der Waals surface area contributed by atoms with Gasteiger partial charge in [-0.3, -0.25) is 4.79 Å². The molecule has 0 fully saturated rings. The van der Waals surface area contributed by atoms with E-state index >= 15 is 0 Å². The molecule has 2 rings (SSSR count). The molecule has 0 amide bonds. The van der Waals surface area contributed by atoms with Crippen LogP contribution in [0.4, 0.5) is 0 Å². The van der Waals surface area contributed by atoms with Crippen molar-refractivity contribution >= 4 is 40.3 Å². The third-order valence-electron chi connectivity index (χ3n) is 2.59. The Hall–Kier alpha value is -1.09. The Morgan fingerprint density at radius 3 is 2.89 bits per heavy atom. The average Bonchev–Trinajstić information content (AvgIpc) is 2.72.